The van der Waals surface area contributed by atoms with Gasteiger partial charge in [-0.05, 0) is 15.9 Å². The number of phenolic OH excluding ortho intramolecular Hbond substituents is 1. The summed E-state index contributed by atoms with van der Waals surface area (Å²) in [6.45, 7) is 1.07. The lowest BCUT2D eigenvalue weighted by Gasteiger charge is -2.13. The van der Waals surface area contributed by atoms with Crippen LogP contribution in [-0.2, 0) is 0 Å². The second kappa shape index (κ2) is 4.65. The molecular weight excluding hydrogens is 316 g/mol. The zero-order chi connectivity index (χ0) is 13.4. The molecule has 0 amide bonds. The van der Waals surface area contributed by atoms with Gasteiger partial charge in [-0.15, -0.1) is 0 Å². The first-order chi connectivity index (χ1) is 9.16. The summed E-state index contributed by atoms with van der Waals surface area (Å²) in [4.78, 5) is 0. The van der Waals surface area contributed by atoms with Crippen LogP contribution in [0.2, 0.25) is 0 Å². The summed E-state index contributed by atoms with van der Waals surface area (Å²) in [7, 11) is 0. The second-order valence-electron chi connectivity index (χ2n) is 4.07. The number of nitrogens with two attached hydrogens (primary N) is 1. The Hall–Kier alpha value is -1.89. The Balaban J connectivity index is 2.24. The summed E-state index contributed by atoms with van der Waals surface area (Å²) in [5.41, 5.74) is 6.33. The van der Waals surface area contributed by atoms with Crippen molar-refractivity contribution in [3.8, 4) is 28.5 Å². The highest BCUT2D eigenvalue weighted by Crippen LogP contribution is 2.48. The van der Waals surface area contributed by atoms with Crippen LogP contribution in [0.5, 0.6) is 17.2 Å². The van der Waals surface area contributed by atoms with E-state index >= 15 is 0 Å². The van der Waals surface area contributed by atoms with Gasteiger partial charge in [-0.1, -0.05) is 5.16 Å². The summed E-state index contributed by atoms with van der Waals surface area (Å²) in [5.74, 6) is 1.18. The second-order valence-corrected chi connectivity index (χ2v) is 4.93. The van der Waals surface area contributed by atoms with Gasteiger partial charge in [0.1, 0.15) is 11.4 Å². The van der Waals surface area contributed by atoms with E-state index in [0.717, 1.165) is 6.42 Å². The maximum atomic E-state index is 10.2. The molecule has 0 radical (unpaired) electrons. The number of hydrogen-bond acceptors (Lipinski definition) is 6. The Labute approximate surface area is 117 Å². The molecule has 0 atom stereocenters. The van der Waals surface area contributed by atoms with Gasteiger partial charge in [-0.25, -0.2) is 0 Å². The van der Waals surface area contributed by atoms with Crippen molar-refractivity contribution in [1.29, 1.82) is 0 Å². The van der Waals surface area contributed by atoms with E-state index in [1.165, 1.54) is 6.07 Å². The van der Waals surface area contributed by atoms with E-state index in [-0.39, 0.29) is 11.6 Å². The van der Waals surface area contributed by atoms with Crippen molar-refractivity contribution in [3.05, 3.63) is 16.6 Å². The van der Waals surface area contributed by atoms with Gasteiger partial charge in [-0.2, -0.15) is 0 Å². The molecule has 0 bridgehead atoms. The number of ether oxygens (including phenoxy) is 2. The number of rotatable bonds is 1. The van der Waals surface area contributed by atoms with Crippen molar-refractivity contribution in [3.63, 3.8) is 0 Å². The first kappa shape index (κ1) is 12.2. The van der Waals surface area contributed by atoms with Crippen molar-refractivity contribution in [2.45, 2.75) is 6.42 Å². The lowest BCUT2D eigenvalue weighted by molar-refractivity contribution is 0.297. The average Bonchev–Trinajstić information content (AvgIpc) is 2.67. The van der Waals surface area contributed by atoms with E-state index in [1.807, 2.05) is 0 Å². The van der Waals surface area contributed by atoms with E-state index in [0.29, 0.717) is 40.4 Å². The fourth-order valence-electron chi connectivity index (χ4n) is 1.91. The zero-order valence-electron chi connectivity index (χ0n) is 9.85. The van der Waals surface area contributed by atoms with Gasteiger partial charge in [0.05, 0.1) is 23.2 Å². The average molecular weight is 327 g/mol. The molecule has 3 rings (SSSR count). The third-order valence-electron chi connectivity index (χ3n) is 2.75. The molecule has 0 saturated carbocycles. The summed E-state index contributed by atoms with van der Waals surface area (Å²) < 4.78 is 16.6. The summed E-state index contributed by atoms with van der Waals surface area (Å²) >= 11 is 3.28. The zero-order valence-corrected chi connectivity index (χ0v) is 11.4. The predicted molar refractivity (Wildman–Crippen MR) is 71.3 cm³/mol. The van der Waals surface area contributed by atoms with Crippen molar-refractivity contribution >= 4 is 21.8 Å². The molecule has 1 aromatic heterocycles. The van der Waals surface area contributed by atoms with Crippen LogP contribution in [0.4, 0.5) is 5.88 Å². The standard InChI is InChI=1S/C12H11BrN2O4/c13-6-4-8-12(18-3-1-2-17-8)10(11(6)16)7-5-9(14)19-15-7/h4-5,16H,1-3,14H2. The van der Waals surface area contributed by atoms with Crippen LogP contribution in [0, 0.1) is 0 Å². The Bertz CT molecular complexity index is 626. The Kier molecular flexibility index (Phi) is 2.98. The Morgan fingerprint density at radius 1 is 1.26 bits per heavy atom. The number of nitrogen functional groups attached to an aromatic ring is 1. The number of aromatic nitrogens is 1. The number of hydrogen-bond donors (Lipinski definition) is 2. The molecule has 3 N–H and O–H groups in total. The van der Waals surface area contributed by atoms with Gasteiger partial charge in [0.15, 0.2) is 11.5 Å². The van der Waals surface area contributed by atoms with E-state index in [9.17, 15) is 5.11 Å². The van der Waals surface area contributed by atoms with Gasteiger partial charge in [0.25, 0.3) is 0 Å². The molecule has 0 saturated heterocycles. The Morgan fingerprint density at radius 2 is 2.05 bits per heavy atom. The van der Waals surface area contributed by atoms with Crippen molar-refractivity contribution in [1.82, 2.24) is 5.16 Å². The highest BCUT2D eigenvalue weighted by molar-refractivity contribution is 9.10. The number of halogens is 1. The van der Waals surface area contributed by atoms with Crippen LogP contribution >= 0.6 is 15.9 Å². The maximum absolute atomic E-state index is 10.2. The third kappa shape index (κ3) is 2.10. The quantitative estimate of drug-likeness (QED) is 0.836. The molecule has 0 unspecified atom stereocenters. The first-order valence-electron chi connectivity index (χ1n) is 5.70. The number of fused-ring (bicyclic) bond motifs is 1. The number of aromatic hydroxyl groups is 1. The molecule has 19 heavy (non-hydrogen) atoms. The molecule has 100 valence electrons. The lowest BCUT2D eigenvalue weighted by Crippen LogP contribution is -1.98. The van der Waals surface area contributed by atoms with Crippen molar-refractivity contribution in [2.75, 3.05) is 18.9 Å². The van der Waals surface area contributed by atoms with Crippen LogP contribution in [0.25, 0.3) is 11.3 Å². The summed E-state index contributed by atoms with van der Waals surface area (Å²) in [6, 6.07) is 3.19. The minimum Gasteiger partial charge on any atom is -0.506 e. The van der Waals surface area contributed by atoms with Gasteiger partial charge >= 0.3 is 0 Å². The molecule has 0 spiro atoms. The molecule has 6 nitrogen and oxygen atoms in total. The molecule has 1 aromatic carbocycles. The molecule has 2 heterocycles. The van der Waals surface area contributed by atoms with Crippen LogP contribution < -0.4 is 15.2 Å². The Morgan fingerprint density at radius 3 is 2.79 bits per heavy atom. The fraction of sp³-hybridized carbons (Fsp3) is 0.250. The fourth-order valence-corrected chi connectivity index (χ4v) is 2.32. The number of nitrogens with zero attached hydrogens (tertiary/aromatic N) is 1. The number of benzene rings is 1. The smallest absolute Gasteiger partial charge is 0.222 e. The molecule has 0 aliphatic carbocycles. The summed E-state index contributed by atoms with van der Waals surface area (Å²) in [6.07, 6.45) is 0.771. The van der Waals surface area contributed by atoms with E-state index in [1.54, 1.807) is 6.07 Å². The lowest BCUT2D eigenvalue weighted by atomic mass is 10.1. The van der Waals surface area contributed by atoms with Crippen LogP contribution in [0.15, 0.2) is 21.1 Å². The number of phenols is 1. The van der Waals surface area contributed by atoms with E-state index in [4.69, 9.17) is 19.7 Å². The number of anilines is 1. The van der Waals surface area contributed by atoms with Gasteiger partial charge in [-0.3, -0.25) is 0 Å². The highest BCUT2D eigenvalue weighted by atomic mass is 79.9. The normalized spacial score (nSPS) is 14.2. The molecule has 2 aromatic rings. The largest absolute Gasteiger partial charge is 0.506 e. The van der Waals surface area contributed by atoms with Crippen LogP contribution in [0.3, 0.4) is 0 Å². The highest BCUT2D eigenvalue weighted by Gasteiger charge is 2.24. The minimum atomic E-state index is 0.0116. The van der Waals surface area contributed by atoms with E-state index in [2.05, 4.69) is 21.1 Å². The summed E-state index contributed by atoms with van der Waals surface area (Å²) in [5, 5.41) is 14.0. The first-order valence-corrected chi connectivity index (χ1v) is 6.49. The molecule has 0 fully saturated rings. The van der Waals surface area contributed by atoms with Crippen LogP contribution in [-0.4, -0.2) is 23.5 Å². The molecule has 1 aliphatic heterocycles. The van der Waals surface area contributed by atoms with Crippen molar-refractivity contribution < 1.29 is 19.1 Å². The third-order valence-corrected chi connectivity index (χ3v) is 3.35. The van der Waals surface area contributed by atoms with Gasteiger partial charge in [0.2, 0.25) is 5.88 Å². The molecular formula is C12H11BrN2O4. The van der Waals surface area contributed by atoms with Gasteiger partial charge in [0, 0.05) is 18.6 Å². The minimum absolute atomic E-state index is 0.0116. The topological polar surface area (TPSA) is 90.7 Å². The van der Waals surface area contributed by atoms with Crippen LogP contribution in [0.1, 0.15) is 6.42 Å². The monoisotopic (exact) mass is 326 g/mol. The predicted octanol–water partition coefficient (Wildman–Crippen LogP) is 2.55. The van der Waals surface area contributed by atoms with Gasteiger partial charge < -0.3 is 24.8 Å². The SMILES string of the molecule is Nc1cc(-c2c(O)c(Br)cc3c2OCCCO3)no1. The molecule has 7 heteroatoms. The van der Waals surface area contributed by atoms with E-state index < -0.39 is 0 Å². The maximum Gasteiger partial charge on any atom is 0.222 e. The van der Waals surface area contributed by atoms with Crippen molar-refractivity contribution in [2.24, 2.45) is 0 Å². The molecule has 1 aliphatic rings.